The molecule has 0 bridgehead atoms. The lowest BCUT2D eigenvalue weighted by atomic mass is 9.87. The molecule has 188 valence electrons. The number of imide groups is 1. The second-order valence-electron chi connectivity index (χ2n) is 9.55. The molecule has 0 aromatic rings. The van der Waals surface area contributed by atoms with Gasteiger partial charge in [-0.05, 0) is 50.0 Å². The monoisotopic (exact) mass is 475 g/mol. The van der Waals surface area contributed by atoms with Gasteiger partial charge in [0.05, 0.1) is 12.2 Å². The Bertz CT molecular complexity index is 828. The van der Waals surface area contributed by atoms with E-state index in [1.165, 1.54) is 6.08 Å². The Morgan fingerprint density at radius 3 is 2.53 bits per heavy atom. The van der Waals surface area contributed by atoms with E-state index in [2.05, 4.69) is 5.32 Å². The third-order valence-electron chi connectivity index (χ3n) is 6.22. The lowest BCUT2D eigenvalue weighted by molar-refractivity contribution is -0.144. The van der Waals surface area contributed by atoms with Crippen LogP contribution in [-0.2, 0) is 23.9 Å². The first kappa shape index (κ1) is 27.7. The second kappa shape index (κ2) is 13.3. The molecule has 2 amide bonds. The molecule has 8 heteroatoms. The number of ketones is 1. The number of Topliss-reactive ketones (excluding diaryl/α,β-unsaturated/α-hetero) is 1. The molecule has 2 rings (SSSR count). The van der Waals surface area contributed by atoms with Gasteiger partial charge in [0.25, 0.3) is 0 Å². The van der Waals surface area contributed by atoms with E-state index in [0.717, 1.165) is 6.42 Å². The predicted molar refractivity (Wildman–Crippen MR) is 126 cm³/mol. The van der Waals surface area contributed by atoms with Gasteiger partial charge >= 0.3 is 5.97 Å². The Hall–Kier alpha value is -2.58. The SMILES string of the molecule is C/C(=C\[C@H](C)C(=O)C[C@H](O)CC1CC(=O)NC(=O)C1)C1OC(=O)/C=C/CC/C=C/[C@@H](O)C[C@@H]1C. The van der Waals surface area contributed by atoms with E-state index >= 15 is 0 Å². The van der Waals surface area contributed by atoms with Gasteiger partial charge in [0.1, 0.15) is 11.9 Å². The van der Waals surface area contributed by atoms with Gasteiger partial charge in [-0.3, -0.25) is 19.7 Å². The molecule has 0 radical (unpaired) electrons. The minimum Gasteiger partial charge on any atom is -0.454 e. The maximum Gasteiger partial charge on any atom is 0.331 e. The zero-order valence-electron chi connectivity index (χ0n) is 20.2. The molecule has 3 N–H and O–H groups in total. The summed E-state index contributed by atoms with van der Waals surface area (Å²) in [6.07, 6.45) is 8.54. The highest BCUT2D eigenvalue weighted by atomic mass is 16.5. The molecular weight excluding hydrogens is 438 g/mol. The molecule has 0 spiro atoms. The molecule has 1 unspecified atom stereocenters. The lowest BCUT2D eigenvalue weighted by Crippen LogP contribution is -2.39. The van der Waals surface area contributed by atoms with Crippen LogP contribution < -0.4 is 5.32 Å². The molecule has 0 aliphatic carbocycles. The number of amides is 2. The smallest absolute Gasteiger partial charge is 0.331 e. The Kier molecular flexibility index (Phi) is 10.9. The average Bonchev–Trinajstić information content (AvgIpc) is 2.72. The van der Waals surface area contributed by atoms with Gasteiger partial charge in [0, 0.05) is 31.3 Å². The van der Waals surface area contributed by atoms with Crippen molar-refractivity contribution in [2.75, 3.05) is 0 Å². The highest BCUT2D eigenvalue weighted by Gasteiger charge is 2.29. The Balaban J connectivity index is 2.02. The van der Waals surface area contributed by atoms with Crippen LogP contribution >= 0.6 is 0 Å². The van der Waals surface area contributed by atoms with Crippen molar-refractivity contribution in [1.29, 1.82) is 0 Å². The number of cyclic esters (lactones) is 1. The van der Waals surface area contributed by atoms with Crippen molar-refractivity contribution in [3.8, 4) is 0 Å². The number of aliphatic hydroxyl groups excluding tert-OH is 2. The molecule has 1 saturated heterocycles. The summed E-state index contributed by atoms with van der Waals surface area (Å²) in [6, 6.07) is 0. The summed E-state index contributed by atoms with van der Waals surface area (Å²) < 4.78 is 5.67. The van der Waals surface area contributed by atoms with E-state index in [-0.39, 0.29) is 55.1 Å². The van der Waals surface area contributed by atoms with E-state index in [1.54, 1.807) is 32.1 Å². The number of ether oxygens (including phenoxy) is 1. The number of hydrogen-bond acceptors (Lipinski definition) is 7. The topological polar surface area (TPSA) is 130 Å². The first-order valence-electron chi connectivity index (χ1n) is 12.0. The standard InChI is InChI=1S/C26H37NO7/c1-16(22(30)15-21(29)12-19-13-23(31)27-24(32)14-19)10-17(2)26-18(3)11-20(28)8-6-4-5-7-9-25(33)34-26/h6-10,16,18-21,26,28-29H,4-5,11-15H2,1-3H3,(H,27,31,32)/b8-6+,9-7+,17-10+/t16-,18-,20+,21+,26?/m0/s1. The maximum absolute atomic E-state index is 12.7. The van der Waals surface area contributed by atoms with Crippen molar-refractivity contribution in [2.45, 2.75) is 84.0 Å². The zero-order chi connectivity index (χ0) is 25.3. The van der Waals surface area contributed by atoms with Gasteiger partial charge in [-0.2, -0.15) is 0 Å². The van der Waals surface area contributed by atoms with Crippen LogP contribution in [-0.4, -0.2) is 52.1 Å². The summed E-state index contributed by atoms with van der Waals surface area (Å²) >= 11 is 0. The Morgan fingerprint density at radius 1 is 1.21 bits per heavy atom. The minimum atomic E-state index is -0.947. The fraction of sp³-hybridized carbons (Fsp3) is 0.615. The number of piperidine rings is 1. The van der Waals surface area contributed by atoms with Gasteiger partial charge in [0.15, 0.2) is 0 Å². The molecule has 2 aliphatic heterocycles. The molecule has 0 saturated carbocycles. The van der Waals surface area contributed by atoms with Crippen LogP contribution in [0.25, 0.3) is 0 Å². The van der Waals surface area contributed by atoms with Gasteiger partial charge in [-0.1, -0.05) is 38.2 Å². The third kappa shape index (κ3) is 9.35. The third-order valence-corrected chi connectivity index (χ3v) is 6.22. The fourth-order valence-electron chi connectivity index (χ4n) is 4.52. The van der Waals surface area contributed by atoms with Gasteiger partial charge in [-0.25, -0.2) is 4.79 Å². The molecular formula is C26H37NO7. The van der Waals surface area contributed by atoms with Crippen LogP contribution in [0.4, 0.5) is 0 Å². The zero-order valence-corrected chi connectivity index (χ0v) is 20.2. The molecule has 8 nitrogen and oxygen atoms in total. The normalized spacial score (nSPS) is 29.1. The largest absolute Gasteiger partial charge is 0.454 e. The lowest BCUT2D eigenvalue weighted by Gasteiger charge is -2.27. The Morgan fingerprint density at radius 2 is 1.85 bits per heavy atom. The summed E-state index contributed by atoms with van der Waals surface area (Å²) in [6.45, 7) is 5.40. The number of allylic oxidation sites excluding steroid dienone is 3. The number of carbonyl (C=O) groups excluding carboxylic acids is 4. The number of aliphatic hydroxyl groups is 2. The Labute approximate surface area is 201 Å². The van der Waals surface area contributed by atoms with E-state index in [0.29, 0.717) is 18.4 Å². The van der Waals surface area contributed by atoms with Crippen molar-refractivity contribution in [2.24, 2.45) is 17.8 Å². The van der Waals surface area contributed by atoms with Crippen LogP contribution in [0, 0.1) is 17.8 Å². The van der Waals surface area contributed by atoms with Crippen LogP contribution in [0.15, 0.2) is 36.0 Å². The van der Waals surface area contributed by atoms with Crippen molar-refractivity contribution in [3.63, 3.8) is 0 Å². The van der Waals surface area contributed by atoms with Crippen molar-refractivity contribution in [3.05, 3.63) is 36.0 Å². The summed E-state index contributed by atoms with van der Waals surface area (Å²) in [7, 11) is 0. The maximum atomic E-state index is 12.7. The van der Waals surface area contributed by atoms with Crippen molar-refractivity contribution in [1.82, 2.24) is 5.32 Å². The van der Waals surface area contributed by atoms with E-state index in [1.807, 2.05) is 13.0 Å². The van der Waals surface area contributed by atoms with Crippen LogP contribution in [0.3, 0.4) is 0 Å². The molecule has 2 heterocycles. The molecule has 2 aliphatic rings. The summed E-state index contributed by atoms with van der Waals surface area (Å²) in [5.41, 5.74) is 0.701. The number of hydrogen-bond donors (Lipinski definition) is 3. The predicted octanol–water partition coefficient (Wildman–Crippen LogP) is 2.54. The van der Waals surface area contributed by atoms with E-state index < -0.39 is 30.2 Å². The van der Waals surface area contributed by atoms with Gasteiger partial charge in [-0.15, -0.1) is 0 Å². The summed E-state index contributed by atoms with van der Waals surface area (Å²) in [4.78, 5) is 48.0. The van der Waals surface area contributed by atoms with Gasteiger partial charge in [0.2, 0.25) is 11.8 Å². The van der Waals surface area contributed by atoms with Crippen molar-refractivity contribution < 1.29 is 34.1 Å². The van der Waals surface area contributed by atoms with Crippen LogP contribution in [0.5, 0.6) is 0 Å². The first-order chi connectivity index (χ1) is 16.0. The molecule has 1 fully saturated rings. The molecule has 0 aromatic heterocycles. The van der Waals surface area contributed by atoms with E-state index in [9.17, 15) is 29.4 Å². The second-order valence-corrected chi connectivity index (χ2v) is 9.55. The summed E-state index contributed by atoms with van der Waals surface area (Å²) in [5.74, 6) is -2.36. The number of carbonyl (C=O) groups is 4. The number of nitrogens with one attached hydrogen (secondary N) is 1. The molecule has 0 aromatic carbocycles. The van der Waals surface area contributed by atoms with Gasteiger partial charge < -0.3 is 14.9 Å². The molecule has 34 heavy (non-hydrogen) atoms. The minimum absolute atomic E-state index is 0.0937. The molecule has 5 atom stereocenters. The number of rotatable bonds is 7. The van der Waals surface area contributed by atoms with Crippen molar-refractivity contribution >= 4 is 23.6 Å². The highest BCUT2D eigenvalue weighted by molar-refractivity contribution is 5.97. The average molecular weight is 476 g/mol. The number of esters is 1. The summed E-state index contributed by atoms with van der Waals surface area (Å²) in [5, 5.41) is 22.9. The highest BCUT2D eigenvalue weighted by Crippen LogP contribution is 2.25. The van der Waals surface area contributed by atoms with E-state index in [4.69, 9.17) is 4.74 Å². The van der Waals surface area contributed by atoms with Crippen LogP contribution in [0.1, 0.15) is 65.7 Å². The fourth-order valence-corrected chi connectivity index (χ4v) is 4.52. The quantitative estimate of drug-likeness (QED) is 0.293. The first-order valence-corrected chi connectivity index (χ1v) is 12.0. The van der Waals surface area contributed by atoms with Crippen LogP contribution in [0.2, 0.25) is 0 Å².